The fourth-order valence-electron chi connectivity index (χ4n) is 1.14. The van der Waals surface area contributed by atoms with Crippen LogP contribution in [0.1, 0.15) is 5.56 Å². The summed E-state index contributed by atoms with van der Waals surface area (Å²) in [6, 6.07) is 11.8. The van der Waals surface area contributed by atoms with Crippen molar-refractivity contribution in [2.75, 3.05) is 0 Å². The predicted molar refractivity (Wildman–Crippen MR) is 55.5 cm³/mol. The Kier molecular flexibility index (Phi) is 2.63. The Morgan fingerprint density at radius 1 is 1.14 bits per heavy atom. The second-order valence-electron chi connectivity index (χ2n) is 2.87. The van der Waals surface area contributed by atoms with E-state index in [9.17, 15) is 0 Å². The van der Waals surface area contributed by atoms with Gasteiger partial charge >= 0.3 is 0 Å². The molecule has 0 radical (unpaired) electrons. The first kappa shape index (κ1) is 8.58. The van der Waals surface area contributed by atoms with E-state index in [0.717, 1.165) is 5.56 Å². The third-order valence-electron chi connectivity index (χ3n) is 1.81. The Morgan fingerprint density at radius 3 is 2.71 bits per heavy atom. The monoisotopic (exact) mass is 182 g/mol. The standard InChI is InChI=1S/C12H10N2/c1-2-6-12(7-3-1)8-4-10-14-11-5-9-13-14/h1-3,5-7,9,11H,10H2. The first-order valence-electron chi connectivity index (χ1n) is 4.46. The van der Waals surface area contributed by atoms with Crippen LogP contribution in [0.15, 0.2) is 48.8 Å². The van der Waals surface area contributed by atoms with E-state index in [2.05, 4.69) is 16.9 Å². The molecule has 2 aromatic rings. The van der Waals surface area contributed by atoms with Gasteiger partial charge in [-0.15, -0.1) is 0 Å². The molecule has 68 valence electrons. The van der Waals surface area contributed by atoms with Gasteiger partial charge in [0.2, 0.25) is 0 Å². The van der Waals surface area contributed by atoms with Crippen LogP contribution >= 0.6 is 0 Å². The van der Waals surface area contributed by atoms with Crippen LogP contribution in [0.25, 0.3) is 0 Å². The van der Waals surface area contributed by atoms with Crippen molar-refractivity contribution in [2.45, 2.75) is 6.54 Å². The highest BCUT2D eigenvalue weighted by Gasteiger charge is 1.84. The van der Waals surface area contributed by atoms with Gasteiger partial charge < -0.3 is 0 Å². The fraction of sp³-hybridized carbons (Fsp3) is 0.0833. The van der Waals surface area contributed by atoms with E-state index >= 15 is 0 Å². The zero-order valence-corrected chi connectivity index (χ0v) is 7.72. The number of nitrogens with zero attached hydrogens (tertiary/aromatic N) is 2. The molecule has 1 heterocycles. The maximum atomic E-state index is 4.06. The molecule has 0 aliphatic carbocycles. The Balaban J connectivity index is 2.02. The fourth-order valence-corrected chi connectivity index (χ4v) is 1.14. The van der Waals surface area contributed by atoms with Crippen LogP contribution in [0.5, 0.6) is 0 Å². The maximum Gasteiger partial charge on any atom is 0.102 e. The highest BCUT2D eigenvalue weighted by Crippen LogP contribution is 1.94. The van der Waals surface area contributed by atoms with Crippen LogP contribution < -0.4 is 0 Å². The molecule has 0 aliphatic heterocycles. The van der Waals surface area contributed by atoms with Gasteiger partial charge in [-0.1, -0.05) is 30.0 Å². The number of benzene rings is 1. The van der Waals surface area contributed by atoms with Crippen molar-refractivity contribution in [3.05, 3.63) is 54.4 Å². The van der Waals surface area contributed by atoms with Crippen LogP contribution in [0.3, 0.4) is 0 Å². The molecule has 0 bridgehead atoms. The van der Waals surface area contributed by atoms with E-state index in [1.807, 2.05) is 42.6 Å². The number of hydrogen-bond donors (Lipinski definition) is 0. The largest absolute Gasteiger partial charge is 0.261 e. The molecule has 2 nitrogen and oxygen atoms in total. The minimum absolute atomic E-state index is 0.641. The van der Waals surface area contributed by atoms with E-state index in [0.29, 0.717) is 6.54 Å². The van der Waals surface area contributed by atoms with Gasteiger partial charge in [0, 0.05) is 18.0 Å². The Morgan fingerprint density at radius 2 is 2.00 bits per heavy atom. The lowest BCUT2D eigenvalue weighted by Gasteiger charge is -1.90. The van der Waals surface area contributed by atoms with E-state index in [1.54, 1.807) is 10.9 Å². The molecule has 0 unspecified atom stereocenters. The highest BCUT2D eigenvalue weighted by molar-refractivity contribution is 5.33. The highest BCUT2D eigenvalue weighted by atomic mass is 15.3. The SMILES string of the molecule is C(#Cc1ccccc1)Cn1cccn1. The molecule has 1 aromatic heterocycles. The van der Waals surface area contributed by atoms with E-state index in [-0.39, 0.29) is 0 Å². The van der Waals surface area contributed by atoms with E-state index in [4.69, 9.17) is 0 Å². The molecule has 2 heteroatoms. The molecule has 0 atom stereocenters. The summed E-state index contributed by atoms with van der Waals surface area (Å²) in [4.78, 5) is 0. The normalized spacial score (nSPS) is 9.14. The van der Waals surface area contributed by atoms with Crippen molar-refractivity contribution in [2.24, 2.45) is 0 Å². The van der Waals surface area contributed by atoms with Crippen molar-refractivity contribution in [1.82, 2.24) is 9.78 Å². The third kappa shape index (κ3) is 2.24. The molecular formula is C12H10N2. The number of hydrogen-bond acceptors (Lipinski definition) is 1. The number of aromatic nitrogens is 2. The summed E-state index contributed by atoms with van der Waals surface area (Å²) in [7, 11) is 0. The molecule has 0 saturated heterocycles. The van der Waals surface area contributed by atoms with Crippen LogP contribution in [-0.2, 0) is 6.54 Å². The van der Waals surface area contributed by atoms with Gasteiger partial charge in [0.1, 0.15) is 6.54 Å². The summed E-state index contributed by atoms with van der Waals surface area (Å²) in [6.07, 6.45) is 3.66. The number of rotatable bonds is 1. The predicted octanol–water partition coefficient (Wildman–Crippen LogP) is 1.93. The maximum absolute atomic E-state index is 4.06. The molecule has 2 rings (SSSR count). The van der Waals surface area contributed by atoms with Gasteiger partial charge in [-0.05, 0) is 18.2 Å². The van der Waals surface area contributed by atoms with Crippen LogP contribution in [0.4, 0.5) is 0 Å². The summed E-state index contributed by atoms with van der Waals surface area (Å²) >= 11 is 0. The van der Waals surface area contributed by atoms with Crippen LogP contribution in [-0.4, -0.2) is 9.78 Å². The lowest BCUT2D eigenvalue weighted by Crippen LogP contribution is -1.94. The van der Waals surface area contributed by atoms with Gasteiger partial charge in [0.05, 0.1) is 0 Å². The summed E-state index contributed by atoms with van der Waals surface area (Å²) in [5.41, 5.74) is 1.04. The van der Waals surface area contributed by atoms with Crippen molar-refractivity contribution < 1.29 is 0 Å². The lowest BCUT2D eigenvalue weighted by atomic mass is 10.2. The molecule has 1 aromatic carbocycles. The molecule has 0 aliphatic rings. The van der Waals surface area contributed by atoms with Gasteiger partial charge in [-0.25, -0.2) is 0 Å². The molecular weight excluding hydrogens is 172 g/mol. The van der Waals surface area contributed by atoms with Gasteiger partial charge in [0.15, 0.2) is 0 Å². The minimum Gasteiger partial charge on any atom is -0.261 e. The second kappa shape index (κ2) is 4.29. The molecule has 0 saturated carbocycles. The Bertz CT molecular complexity index is 432. The summed E-state index contributed by atoms with van der Waals surface area (Å²) in [5.74, 6) is 6.13. The Labute approximate surface area is 83.2 Å². The lowest BCUT2D eigenvalue weighted by molar-refractivity contribution is 0.715. The summed E-state index contributed by atoms with van der Waals surface area (Å²) in [6.45, 7) is 0.641. The molecule has 0 amide bonds. The first-order valence-corrected chi connectivity index (χ1v) is 4.46. The average Bonchev–Trinajstić information content (AvgIpc) is 2.72. The summed E-state index contributed by atoms with van der Waals surface area (Å²) < 4.78 is 1.80. The van der Waals surface area contributed by atoms with E-state index in [1.165, 1.54) is 0 Å². The second-order valence-corrected chi connectivity index (χ2v) is 2.87. The van der Waals surface area contributed by atoms with Crippen LogP contribution in [0, 0.1) is 11.8 Å². The van der Waals surface area contributed by atoms with Crippen LogP contribution in [0.2, 0.25) is 0 Å². The van der Waals surface area contributed by atoms with E-state index < -0.39 is 0 Å². The van der Waals surface area contributed by atoms with Crippen molar-refractivity contribution >= 4 is 0 Å². The summed E-state index contributed by atoms with van der Waals surface area (Å²) in [5, 5.41) is 4.06. The van der Waals surface area contributed by atoms with Gasteiger partial charge in [0.25, 0.3) is 0 Å². The zero-order chi connectivity index (χ0) is 9.64. The van der Waals surface area contributed by atoms with Gasteiger partial charge in [-0.3, -0.25) is 4.68 Å². The molecule has 0 spiro atoms. The topological polar surface area (TPSA) is 17.8 Å². The Hall–Kier alpha value is -2.01. The first-order chi connectivity index (χ1) is 6.95. The quantitative estimate of drug-likeness (QED) is 0.616. The average molecular weight is 182 g/mol. The minimum atomic E-state index is 0.641. The van der Waals surface area contributed by atoms with Gasteiger partial charge in [-0.2, -0.15) is 5.10 Å². The van der Waals surface area contributed by atoms with Crippen molar-refractivity contribution in [1.29, 1.82) is 0 Å². The van der Waals surface area contributed by atoms with Crippen molar-refractivity contribution in [3.8, 4) is 11.8 Å². The molecule has 14 heavy (non-hydrogen) atoms. The molecule has 0 fully saturated rings. The van der Waals surface area contributed by atoms with Crippen molar-refractivity contribution in [3.63, 3.8) is 0 Å². The molecule has 0 N–H and O–H groups in total. The third-order valence-corrected chi connectivity index (χ3v) is 1.81. The smallest absolute Gasteiger partial charge is 0.102 e. The zero-order valence-electron chi connectivity index (χ0n) is 7.72.